The number of aromatic nitrogens is 2. The molecule has 0 spiro atoms. The topological polar surface area (TPSA) is 110 Å². The predicted molar refractivity (Wildman–Crippen MR) is 80.6 cm³/mol. The van der Waals surface area contributed by atoms with E-state index in [0.717, 1.165) is 18.2 Å². The normalized spacial score (nSPS) is 10.0. The SMILES string of the molecule is COc1ccc(-c2cc(NC(=O)CC(=O)OC(C)=O)n[nH]2)cc1. The molecule has 0 saturated carbocycles. The summed E-state index contributed by atoms with van der Waals surface area (Å²) in [7, 11) is 1.58. The highest BCUT2D eigenvalue weighted by molar-refractivity contribution is 6.03. The highest BCUT2D eigenvalue weighted by atomic mass is 16.6. The zero-order valence-corrected chi connectivity index (χ0v) is 12.6. The molecule has 0 radical (unpaired) electrons. The van der Waals surface area contributed by atoms with E-state index in [0.29, 0.717) is 5.69 Å². The number of anilines is 1. The first kappa shape index (κ1) is 16.2. The number of carbonyl (C=O) groups is 3. The van der Waals surface area contributed by atoms with Gasteiger partial charge in [-0.3, -0.25) is 19.5 Å². The molecule has 0 aliphatic carbocycles. The number of aromatic amines is 1. The number of amides is 1. The molecular weight excluding hydrogens is 302 g/mol. The minimum absolute atomic E-state index is 0.261. The van der Waals surface area contributed by atoms with Crippen LogP contribution in [-0.2, 0) is 19.1 Å². The minimum Gasteiger partial charge on any atom is -0.497 e. The van der Waals surface area contributed by atoms with Crippen molar-refractivity contribution in [3.63, 3.8) is 0 Å². The van der Waals surface area contributed by atoms with Gasteiger partial charge in [-0.15, -0.1) is 0 Å². The van der Waals surface area contributed by atoms with Gasteiger partial charge in [0.25, 0.3) is 0 Å². The number of esters is 2. The van der Waals surface area contributed by atoms with E-state index < -0.39 is 24.3 Å². The zero-order chi connectivity index (χ0) is 16.8. The third-order valence-electron chi connectivity index (χ3n) is 2.81. The molecule has 0 bridgehead atoms. The summed E-state index contributed by atoms with van der Waals surface area (Å²) in [6, 6.07) is 8.89. The van der Waals surface area contributed by atoms with Gasteiger partial charge < -0.3 is 14.8 Å². The minimum atomic E-state index is -0.916. The van der Waals surface area contributed by atoms with Crippen LogP contribution in [0.3, 0.4) is 0 Å². The Balaban J connectivity index is 1.97. The molecule has 1 aromatic heterocycles. The first-order valence-corrected chi connectivity index (χ1v) is 6.69. The Morgan fingerprint density at radius 1 is 1.22 bits per heavy atom. The maximum Gasteiger partial charge on any atom is 0.322 e. The Morgan fingerprint density at radius 3 is 2.52 bits per heavy atom. The lowest BCUT2D eigenvalue weighted by atomic mass is 10.1. The third kappa shape index (κ3) is 4.67. The van der Waals surface area contributed by atoms with Gasteiger partial charge >= 0.3 is 11.9 Å². The molecule has 2 aromatic rings. The van der Waals surface area contributed by atoms with E-state index in [-0.39, 0.29) is 5.82 Å². The van der Waals surface area contributed by atoms with Crippen molar-refractivity contribution in [1.29, 1.82) is 0 Å². The highest BCUT2D eigenvalue weighted by Gasteiger charge is 2.14. The van der Waals surface area contributed by atoms with Gasteiger partial charge in [-0.25, -0.2) is 0 Å². The Morgan fingerprint density at radius 2 is 1.91 bits per heavy atom. The molecule has 0 fully saturated rings. The van der Waals surface area contributed by atoms with Gasteiger partial charge in [0.2, 0.25) is 5.91 Å². The summed E-state index contributed by atoms with van der Waals surface area (Å²) < 4.78 is 9.35. The number of carbonyl (C=O) groups excluding carboxylic acids is 3. The number of H-pyrrole nitrogens is 1. The number of hydrogen-bond donors (Lipinski definition) is 2. The van der Waals surface area contributed by atoms with E-state index in [2.05, 4.69) is 20.3 Å². The van der Waals surface area contributed by atoms with Crippen LogP contribution in [0.5, 0.6) is 5.75 Å². The van der Waals surface area contributed by atoms with Crippen molar-refractivity contribution in [2.75, 3.05) is 12.4 Å². The van der Waals surface area contributed by atoms with Gasteiger partial charge in [-0.2, -0.15) is 5.10 Å². The Labute approximate surface area is 131 Å². The number of nitrogens with zero attached hydrogens (tertiary/aromatic N) is 1. The van der Waals surface area contributed by atoms with Crippen molar-refractivity contribution < 1.29 is 23.9 Å². The molecule has 0 saturated heterocycles. The molecule has 1 amide bonds. The summed E-state index contributed by atoms with van der Waals surface area (Å²) in [6.07, 6.45) is -0.565. The summed E-state index contributed by atoms with van der Waals surface area (Å²) in [4.78, 5) is 33.4. The number of ether oxygens (including phenoxy) is 2. The summed E-state index contributed by atoms with van der Waals surface area (Å²) in [6.45, 7) is 1.09. The summed E-state index contributed by atoms with van der Waals surface area (Å²) >= 11 is 0. The first-order chi connectivity index (χ1) is 11.0. The molecule has 0 aliphatic rings. The molecule has 0 aliphatic heterocycles. The lowest BCUT2D eigenvalue weighted by molar-refractivity contribution is -0.158. The smallest absolute Gasteiger partial charge is 0.322 e. The fraction of sp³-hybridized carbons (Fsp3) is 0.200. The number of hydrogen-bond acceptors (Lipinski definition) is 6. The molecule has 2 rings (SSSR count). The molecule has 8 heteroatoms. The van der Waals surface area contributed by atoms with Gasteiger partial charge in [0.1, 0.15) is 12.2 Å². The van der Waals surface area contributed by atoms with Gasteiger partial charge in [0.15, 0.2) is 5.82 Å². The van der Waals surface area contributed by atoms with Crippen molar-refractivity contribution in [1.82, 2.24) is 10.2 Å². The van der Waals surface area contributed by atoms with Crippen molar-refractivity contribution in [2.45, 2.75) is 13.3 Å². The molecule has 0 atom stereocenters. The number of nitrogens with one attached hydrogen (secondary N) is 2. The summed E-state index contributed by atoms with van der Waals surface area (Å²) in [5.41, 5.74) is 1.55. The fourth-order valence-corrected chi connectivity index (χ4v) is 1.82. The van der Waals surface area contributed by atoms with E-state index in [1.54, 1.807) is 25.3 Å². The van der Waals surface area contributed by atoms with Crippen LogP contribution in [0.4, 0.5) is 5.82 Å². The highest BCUT2D eigenvalue weighted by Crippen LogP contribution is 2.22. The van der Waals surface area contributed by atoms with Gasteiger partial charge in [-0.05, 0) is 29.8 Å². The van der Waals surface area contributed by atoms with Gasteiger partial charge in [-0.1, -0.05) is 0 Å². The van der Waals surface area contributed by atoms with Crippen LogP contribution in [-0.4, -0.2) is 35.2 Å². The van der Waals surface area contributed by atoms with Gasteiger partial charge in [0, 0.05) is 13.0 Å². The molecule has 1 aromatic carbocycles. The zero-order valence-electron chi connectivity index (χ0n) is 12.6. The molecular formula is C15H15N3O5. The maximum atomic E-state index is 11.6. The fourth-order valence-electron chi connectivity index (χ4n) is 1.82. The standard InChI is InChI=1S/C15H15N3O5/c1-9(19)23-15(21)8-14(20)16-13-7-12(17-18-13)10-3-5-11(22-2)6-4-10/h3-7H,8H2,1-2H3,(H2,16,17,18,20). The van der Waals surface area contributed by atoms with E-state index in [9.17, 15) is 14.4 Å². The van der Waals surface area contributed by atoms with Crippen LogP contribution >= 0.6 is 0 Å². The van der Waals surface area contributed by atoms with E-state index in [4.69, 9.17) is 4.74 Å². The van der Waals surface area contributed by atoms with Gasteiger partial charge in [0.05, 0.1) is 12.8 Å². The second-order valence-corrected chi connectivity index (χ2v) is 4.59. The van der Waals surface area contributed by atoms with Crippen LogP contribution in [0.2, 0.25) is 0 Å². The molecule has 8 nitrogen and oxygen atoms in total. The Bertz CT molecular complexity index is 721. The largest absolute Gasteiger partial charge is 0.497 e. The second-order valence-electron chi connectivity index (χ2n) is 4.59. The molecule has 0 unspecified atom stereocenters. The predicted octanol–water partition coefficient (Wildman–Crippen LogP) is 1.50. The Kier molecular flexibility index (Phi) is 5.08. The summed E-state index contributed by atoms with van der Waals surface area (Å²) in [5, 5.41) is 9.15. The number of methoxy groups -OCH3 is 1. The third-order valence-corrected chi connectivity index (χ3v) is 2.81. The van der Waals surface area contributed by atoms with E-state index >= 15 is 0 Å². The number of benzene rings is 1. The van der Waals surface area contributed by atoms with Crippen LogP contribution in [0.15, 0.2) is 30.3 Å². The molecule has 120 valence electrons. The van der Waals surface area contributed by atoms with Crippen molar-refractivity contribution >= 4 is 23.7 Å². The monoisotopic (exact) mass is 317 g/mol. The second kappa shape index (κ2) is 7.21. The van der Waals surface area contributed by atoms with E-state index in [1.165, 1.54) is 0 Å². The van der Waals surface area contributed by atoms with E-state index in [1.807, 2.05) is 12.1 Å². The van der Waals surface area contributed by atoms with Crippen LogP contribution in [0.1, 0.15) is 13.3 Å². The van der Waals surface area contributed by atoms with Crippen molar-refractivity contribution in [2.24, 2.45) is 0 Å². The average Bonchev–Trinajstić information content (AvgIpc) is 2.94. The number of rotatable bonds is 5. The van der Waals surface area contributed by atoms with Crippen molar-refractivity contribution in [3.05, 3.63) is 30.3 Å². The Hall–Kier alpha value is -3.16. The van der Waals surface area contributed by atoms with Crippen LogP contribution in [0, 0.1) is 0 Å². The van der Waals surface area contributed by atoms with Crippen LogP contribution < -0.4 is 10.1 Å². The summed E-state index contributed by atoms with van der Waals surface area (Å²) in [5.74, 6) is -1.31. The molecule has 1 heterocycles. The molecule has 2 N–H and O–H groups in total. The average molecular weight is 317 g/mol. The van der Waals surface area contributed by atoms with Crippen molar-refractivity contribution in [3.8, 4) is 17.0 Å². The quantitative estimate of drug-likeness (QED) is 0.639. The lowest BCUT2D eigenvalue weighted by Crippen LogP contribution is -2.19. The maximum absolute atomic E-state index is 11.6. The lowest BCUT2D eigenvalue weighted by Gasteiger charge is -2.01. The van der Waals surface area contributed by atoms with Crippen LogP contribution in [0.25, 0.3) is 11.3 Å². The first-order valence-electron chi connectivity index (χ1n) is 6.69. The molecule has 23 heavy (non-hydrogen) atoms.